The van der Waals surface area contributed by atoms with E-state index in [2.05, 4.69) is 30.7 Å². The van der Waals surface area contributed by atoms with Gasteiger partial charge in [0.2, 0.25) is 0 Å². The molecule has 0 N–H and O–H groups in total. The number of likely N-dealkylation sites (N-methyl/N-ethyl adjacent to an activating group) is 1. The van der Waals surface area contributed by atoms with Crippen molar-refractivity contribution in [2.45, 2.75) is 33.1 Å². The molecule has 0 amide bonds. The summed E-state index contributed by atoms with van der Waals surface area (Å²) < 4.78 is 0. The Morgan fingerprint density at radius 1 is 1.54 bits per heavy atom. The fourth-order valence-electron chi connectivity index (χ4n) is 1.66. The third-order valence-corrected chi connectivity index (χ3v) is 3.93. The molecular weight excluding hydrogens is 180 g/mol. The summed E-state index contributed by atoms with van der Waals surface area (Å²) in [5.41, 5.74) is 1.33. The van der Waals surface area contributed by atoms with Crippen molar-refractivity contribution in [1.29, 1.82) is 0 Å². The molecule has 3 heteroatoms. The first-order chi connectivity index (χ1) is 6.22. The fourth-order valence-corrected chi connectivity index (χ4v) is 2.87. The Hall–Kier alpha value is -0.570. The SMILES string of the molecule is CCN1CCc2nc(C(C)C)sc21. The zero-order valence-electron chi connectivity index (χ0n) is 8.50. The molecule has 72 valence electrons. The van der Waals surface area contributed by atoms with Gasteiger partial charge in [-0.1, -0.05) is 13.8 Å². The largest absolute Gasteiger partial charge is 0.362 e. The number of nitrogens with zero attached hydrogens (tertiary/aromatic N) is 2. The summed E-state index contributed by atoms with van der Waals surface area (Å²) in [5, 5.41) is 2.72. The topological polar surface area (TPSA) is 16.1 Å². The number of hydrogen-bond donors (Lipinski definition) is 0. The predicted octanol–water partition coefficient (Wildman–Crippen LogP) is 2.65. The first-order valence-electron chi connectivity index (χ1n) is 4.97. The van der Waals surface area contributed by atoms with E-state index in [1.165, 1.54) is 22.2 Å². The molecule has 0 bridgehead atoms. The van der Waals surface area contributed by atoms with Crippen LogP contribution in [0.1, 0.15) is 37.4 Å². The lowest BCUT2D eigenvalue weighted by atomic mass is 10.2. The van der Waals surface area contributed by atoms with Gasteiger partial charge in [0.25, 0.3) is 0 Å². The van der Waals surface area contributed by atoms with Crippen molar-refractivity contribution >= 4 is 16.3 Å². The van der Waals surface area contributed by atoms with Crippen LogP contribution in [0, 0.1) is 0 Å². The molecule has 0 atom stereocenters. The minimum atomic E-state index is 0.578. The monoisotopic (exact) mass is 196 g/mol. The van der Waals surface area contributed by atoms with Crippen molar-refractivity contribution in [2.75, 3.05) is 18.0 Å². The average Bonchev–Trinajstić information content (AvgIpc) is 2.60. The lowest BCUT2D eigenvalue weighted by molar-refractivity contribution is 0.829. The molecule has 0 saturated carbocycles. The molecule has 0 aromatic carbocycles. The molecule has 2 nitrogen and oxygen atoms in total. The molecule has 0 saturated heterocycles. The fraction of sp³-hybridized carbons (Fsp3) is 0.700. The predicted molar refractivity (Wildman–Crippen MR) is 57.8 cm³/mol. The van der Waals surface area contributed by atoms with Gasteiger partial charge < -0.3 is 4.90 Å². The van der Waals surface area contributed by atoms with E-state index in [1.807, 2.05) is 11.3 Å². The van der Waals surface area contributed by atoms with Crippen LogP contribution in [0.15, 0.2) is 0 Å². The smallest absolute Gasteiger partial charge is 0.115 e. The second-order valence-electron chi connectivity index (χ2n) is 3.79. The van der Waals surface area contributed by atoms with Gasteiger partial charge in [-0.05, 0) is 6.92 Å². The Balaban J connectivity index is 2.31. The minimum Gasteiger partial charge on any atom is -0.362 e. The molecule has 0 fully saturated rings. The molecule has 2 rings (SSSR count). The van der Waals surface area contributed by atoms with E-state index in [4.69, 9.17) is 0 Å². The summed E-state index contributed by atoms with van der Waals surface area (Å²) >= 11 is 1.88. The van der Waals surface area contributed by atoms with Crippen LogP contribution in [0.2, 0.25) is 0 Å². The first-order valence-corrected chi connectivity index (χ1v) is 5.78. The Morgan fingerprint density at radius 3 is 2.92 bits per heavy atom. The highest BCUT2D eigenvalue weighted by Gasteiger charge is 2.23. The molecule has 1 aromatic heterocycles. The van der Waals surface area contributed by atoms with Gasteiger partial charge in [-0.25, -0.2) is 4.98 Å². The zero-order valence-corrected chi connectivity index (χ0v) is 9.32. The van der Waals surface area contributed by atoms with Crippen LogP contribution in [0.25, 0.3) is 0 Å². The molecule has 1 aliphatic rings. The summed E-state index contributed by atoms with van der Waals surface area (Å²) in [4.78, 5) is 7.09. The quantitative estimate of drug-likeness (QED) is 0.723. The molecule has 0 spiro atoms. The van der Waals surface area contributed by atoms with Crippen LogP contribution in [0.4, 0.5) is 5.00 Å². The van der Waals surface area contributed by atoms with E-state index < -0.39 is 0 Å². The number of fused-ring (bicyclic) bond motifs is 1. The van der Waals surface area contributed by atoms with Crippen LogP contribution in [-0.2, 0) is 6.42 Å². The van der Waals surface area contributed by atoms with Crippen LogP contribution in [0.3, 0.4) is 0 Å². The molecule has 13 heavy (non-hydrogen) atoms. The number of rotatable bonds is 2. The highest BCUT2D eigenvalue weighted by Crippen LogP contribution is 2.36. The summed E-state index contributed by atoms with van der Waals surface area (Å²) in [6.45, 7) is 8.92. The molecule has 1 aromatic rings. The second-order valence-corrected chi connectivity index (χ2v) is 4.80. The van der Waals surface area contributed by atoms with Crippen molar-refractivity contribution in [3.8, 4) is 0 Å². The molecule has 0 unspecified atom stereocenters. The van der Waals surface area contributed by atoms with Crippen LogP contribution >= 0.6 is 11.3 Å². The molecular formula is C10H16N2S. The maximum absolute atomic E-state index is 4.67. The number of anilines is 1. The van der Waals surface area contributed by atoms with E-state index in [9.17, 15) is 0 Å². The van der Waals surface area contributed by atoms with Gasteiger partial charge in [0, 0.05) is 25.4 Å². The third-order valence-electron chi connectivity index (χ3n) is 2.47. The van der Waals surface area contributed by atoms with Gasteiger partial charge in [0.1, 0.15) is 5.00 Å². The van der Waals surface area contributed by atoms with Gasteiger partial charge in [0.05, 0.1) is 10.7 Å². The third kappa shape index (κ3) is 1.46. The van der Waals surface area contributed by atoms with E-state index >= 15 is 0 Å². The number of thiazole rings is 1. The normalized spacial score (nSPS) is 15.5. The molecule has 0 radical (unpaired) electrons. The van der Waals surface area contributed by atoms with Crippen LogP contribution in [0.5, 0.6) is 0 Å². The Kier molecular flexibility index (Phi) is 2.28. The lowest BCUT2D eigenvalue weighted by Gasteiger charge is -2.13. The molecule has 2 heterocycles. The van der Waals surface area contributed by atoms with E-state index in [1.54, 1.807) is 0 Å². The minimum absolute atomic E-state index is 0.578. The summed E-state index contributed by atoms with van der Waals surface area (Å²) in [5.74, 6) is 0.578. The zero-order chi connectivity index (χ0) is 9.42. The maximum atomic E-state index is 4.67. The van der Waals surface area contributed by atoms with E-state index in [0.29, 0.717) is 5.92 Å². The van der Waals surface area contributed by atoms with Crippen molar-refractivity contribution in [3.05, 3.63) is 10.7 Å². The van der Waals surface area contributed by atoms with Gasteiger partial charge in [-0.2, -0.15) is 0 Å². The van der Waals surface area contributed by atoms with Gasteiger partial charge in [-0.3, -0.25) is 0 Å². The van der Waals surface area contributed by atoms with E-state index in [0.717, 1.165) is 13.0 Å². The maximum Gasteiger partial charge on any atom is 0.115 e. The van der Waals surface area contributed by atoms with Crippen LogP contribution in [-0.4, -0.2) is 18.1 Å². The highest BCUT2D eigenvalue weighted by atomic mass is 32.1. The lowest BCUT2D eigenvalue weighted by Crippen LogP contribution is -2.18. The Bertz CT molecular complexity index is 304. The van der Waals surface area contributed by atoms with Gasteiger partial charge in [0.15, 0.2) is 0 Å². The Labute approximate surface area is 83.6 Å². The second kappa shape index (κ2) is 3.29. The highest BCUT2D eigenvalue weighted by molar-refractivity contribution is 7.16. The Morgan fingerprint density at radius 2 is 2.31 bits per heavy atom. The van der Waals surface area contributed by atoms with Crippen molar-refractivity contribution in [3.63, 3.8) is 0 Å². The standard InChI is InChI=1S/C10H16N2S/c1-4-12-6-5-8-10(12)13-9(11-8)7(2)3/h7H,4-6H2,1-3H3. The summed E-state index contributed by atoms with van der Waals surface area (Å²) in [6.07, 6.45) is 1.15. The van der Waals surface area contributed by atoms with Gasteiger partial charge in [-0.15, -0.1) is 11.3 Å². The number of aromatic nitrogens is 1. The molecule has 1 aliphatic heterocycles. The average molecular weight is 196 g/mol. The van der Waals surface area contributed by atoms with Crippen molar-refractivity contribution < 1.29 is 0 Å². The van der Waals surface area contributed by atoms with E-state index in [-0.39, 0.29) is 0 Å². The van der Waals surface area contributed by atoms with Crippen molar-refractivity contribution in [1.82, 2.24) is 4.98 Å². The van der Waals surface area contributed by atoms with Crippen LogP contribution < -0.4 is 4.90 Å². The first kappa shape index (κ1) is 9.00. The summed E-state index contributed by atoms with van der Waals surface area (Å²) in [6, 6.07) is 0. The molecule has 0 aliphatic carbocycles. The number of hydrogen-bond acceptors (Lipinski definition) is 3. The van der Waals surface area contributed by atoms with Gasteiger partial charge >= 0.3 is 0 Å². The summed E-state index contributed by atoms with van der Waals surface area (Å²) in [7, 11) is 0. The van der Waals surface area contributed by atoms with Crippen molar-refractivity contribution in [2.24, 2.45) is 0 Å².